The monoisotopic (exact) mass is 308 g/mol. The number of nitrogens with two attached hydrogens (primary N) is 1. The Morgan fingerprint density at radius 1 is 1.09 bits per heavy atom. The Kier molecular flexibility index (Phi) is 4.74. The van der Waals surface area contributed by atoms with Crippen LogP contribution < -0.4 is 11.1 Å². The molecular weight excluding hydrogens is 288 g/mol. The van der Waals surface area contributed by atoms with E-state index in [0.29, 0.717) is 17.7 Å². The fourth-order valence-corrected chi connectivity index (χ4v) is 2.61. The molecule has 4 heteroatoms. The van der Waals surface area contributed by atoms with Crippen molar-refractivity contribution in [2.24, 2.45) is 5.73 Å². The maximum atomic E-state index is 12.3. The zero-order valence-corrected chi connectivity index (χ0v) is 12.9. The van der Waals surface area contributed by atoms with Crippen LogP contribution in [0, 0.1) is 0 Å². The summed E-state index contributed by atoms with van der Waals surface area (Å²) in [7, 11) is 0. The third-order valence-electron chi connectivity index (χ3n) is 3.91. The van der Waals surface area contributed by atoms with Crippen molar-refractivity contribution < 1.29 is 9.21 Å². The van der Waals surface area contributed by atoms with Gasteiger partial charge in [-0.3, -0.25) is 4.79 Å². The number of fused-ring (bicyclic) bond motifs is 1. The van der Waals surface area contributed by atoms with E-state index in [1.165, 1.54) is 5.56 Å². The number of amides is 1. The van der Waals surface area contributed by atoms with E-state index >= 15 is 0 Å². The Hall–Kier alpha value is -2.59. The van der Waals surface area contributed by atoms with E-state index in [9.17, 15) is 4.79 Å². The molecule has 0 spiro atoms. The Balaban J connectivity index is 1.53. The number of hydrogen-bond donors (Lipinski definition) is 2. The molecule has 23 heavy (non-hydrogen) atoms. The lowest BCUT2D eigenvalue weighted by Crippen LogP contribution is -2.37. The smallest absolute Gasteiger partial charge is 0.252 e. The molecule has 0 unspecified atom stereocenters. The van der Waals surface area contributed by atoms with Crippen LogP contribution in [0.15, 0.2) is 65.3 Å². The summed E-state index contributed by atoms with van der Waals surface area (Å²) in [6.07, 6.45) is 3.34. The van der Waals surface area contributed by atoms with E-state index in [2.05, 4.69) is 17.4 Å². The molecule has 1 amide bonds. The summed E-state index contributed by atoms with van der Waals surface area (Å²) in [5, 5.41) is 3.73. The molecule has 0 aliphatic carbocycles. The van der Waals surface area contributed by atoms with Gasteiger partial charge in [0, 0.05) is 18.0 Å². The quantitative estimate of drug-likeness (QED) is 0.735. The average molecular weight is 308 g/mol. The van der Waals surface area contributed by atoms with Gasteiger partial charge in [0.1, 0.15) is 5.58 Å². The molecule has 3 N–H and O–H groups in total. The summed E-state index contributed by atoms with van der Waals surface area (Å²) in [6.45, 7) is 0.458. The summed E-state index contributed by atoms with van der Waals surface area (Å²) in [5.41, 5.74) is 8.70. The van der Waals surface area contributed by atoms with Crippen molar-refractivity contribution in [3.8, 4) is 0 Å². The Labute approximate surface area is 135 Å². The van der Waals surface area contributed by atoms with Gasteiger partial charge >= 0.3 is 0 Å². The standard InChI is InChI=1S/C19H20N2O2/c20-15(10-9-14-5-2-1-3-6-14)13-21-19(22)17-7-4-8-18-16(17)11-12-23-18/h1-8,11-12,15H,9-10,13,20H2,(H,21,22)/t15-/m1/s1. The number of carbonyl (C=O) groups excluding carboxylic acids is 1. The van der Waals surface area contributed by atoms with Crippen molar-refractivity contribution in [1.82, 2.24) is 5.32 Å². The van der Waals surface area contributed by atoms with Gasteiger partial charge in [-0.15, -0.1) is 0 Å². The molecule has 3 rings (SSSR count). The molecule has 0 saturated carbocycles. The highest BCUT2D eigenvalue weighted by Gasteiger charge is 2.12. The van der Waals surface area contributed by atoms with E-state index in [1.54, 1.807) is 18.4 Å². The molecule has 1 atom stereocenters. The maximum Gasteiger partial charge on any atom is 0.252 e. The molecule has 0 aliphatic rings. The van der Waals surface area contributed by atoms with Crippen molar-refractivity contribution in [1.29, 1.82) is 0 Å². The van der Waals surface area contributed by atoms with Crippen LogP contribution in [0.2, 0.25) is 0 Å². The number of carbonyl (C=O) groups is 1. The topological polar surface area (TPSA) is 68.3 Å². The van der Waals surface area contributed by atoms with E-state index in [1.807, 2.05) is 30.3 Å². The molecule has 0 saturated heterocycles. The first-order valence-corrected chi connectivity index (χ1v) is 7.78. The summed E-state index contributed by atoms with van der Waals surface area (Å²) in [4.78, 5) is 12.3. The van der Waals surface area contributed by atoms with Gasteiger partial charge in [0.15, 0.2) is 0 Å². The fourth-order valence-electron chi connectivity index (χ4n) is 2.61. The van der Waals surface area contributed by atoms with Crippen molar-refractivity contribution in [3.05, 3.63) is 72.0 Å². The molecule has 0 radical (unpaired) electrons. The zero-order valence-electron chi connectivity index (χ0n) is 12.9. The fraction of sp³-hybridized carbons (Fsp3) is 0.211. The lowest BCUT2D eigenvalue weighted by molar-refractivity contribution is 0.0952. The van der Waals surface area contributed by atoms with Crippen LogP contribution in [0.25, 0.3) is 11.0 Å². The van der Waals surface area contributed by atoms with Crippen molar-refractivity contribution >= 4 is 16.9 Å². The highest BCUT2D eigenvalue weighted by Crippen LogP contribution is 2.19. The molecule has 2 aromatic carbocycles. The second-order valence-corrected chi connectivity index (χ2v) is 5.63. The van der Waals surface area contributed by atoms with Crippen molar-refractivity contribution in [3.63, 3.8) is 0 Å². The largest absolute Gasteiger partial charge is 0.464 e. The normalized spacial score (nSPS) is 12.2. The van der Waals surface area contributed by atoms with Crippen LogP contribution in [0.4, 0.5) is 0 Å². The number of hydrogen-bond acceptors (Lipinski definition) is 3. The number of aryl methyl sites for hydroxylation is 1. The number of rotatable bonds is 6. The molecule has 0 bridgehead atoms. The minimum absolute atomic E-state index is 0.0669. The number of furan rings is 1. The van der Waals surface area contributed by atoms with Crippen molar-refractivity contribution in [2.75, 3.05) is 6.54 Å². The number of benzene rings is 2. The summed E-state index contributed by atoms with van der Waals surface area (Å²) in [5.74, 6) is -0.118. The Morgan fingerprint density at radius 3 is 2.74 bits per heavy atom. The predicted molar refractivity (Wildman–Crippen MR) is 91.3 cm³/mol. The third kappa shape index (κ3) is 3.79. The first-order chi connectivity index (χ1) is 11.2. The van der Waals surface area contributed by atoms with Gasteiger partial charge in [0.25, 0.3) is 5.91 Å². The first kappa shape index (κ1) is 15.3. The van der Waals surface area contributed by atoms with Crippen LogP contribution in [0.3, 0.4) is 0 Å². The lowest BCUT2D eigenvalue weighted by atomic mass is 10.1. The molecule has 0 aliphatic heterocycles. The summed E-state index contributed by atoms with van der Waals surface area (Å²) >= 11 is 0. The van der Waals surface area contributed by atoms with E-state index in [4.69, 9.17) is 10.2 Å². The maximum absolute atomic E-state index is 12.3. The van der Waals surface area contributed by atoms with Gasteiger partial charge in [-0.25, -0.2) is 0 Å². The third-order valence-corrected chi connectivity index (χ3v) is 3.91. The first-order valence-electron chi connectivity index (χ1n) is 7.78. The van der Waals surface area contributed by atoms with Gasteiger partial charge in [0.2, 0.25) is 0 Å². The molecule has 1 aromatic heterocycles. The zero-order chi connectivity index (χ0) is 16.1. The average Bonchev–Trinajstić information content (AvgIpc) is 3.07. The van der Waals surface area contributed by atoms with Crippen LogP contribution in [-0.2, 0) is 6.42 Å². The minimum atomic E-state index is -0.118. The highest BCUT2D eigenvalue weighted by molar-refractivity contribution is 6.05. The van der Waals surface area contributed by atoms with Gasteiger partial charge in [-0.2, -0.15) is 0 Å². The minimum Gasteiger partial charge on any atom is -0.464 e. The van der Waals surface area contributed by atoms with Crippen LogP contribution in [0.5, 0.6) is 0 Å². The SMILES string of the molecule is N[C@H](CCc1ccccc1)CNC(=O)c1cccc2occc12. The molecule has 118 valence electrons. The Morgan fingerprint density at radius 2 is 1.91 bits per heavy atom. The van der Waals surface area contributed by atoms with Gasteiger partial charge < -0.3 is 15.5 Å². The van der Waals surface area contributed by atoms with Crippen molar-refractivity contribution in [2.45, 2.75) is 18.9 Å². The molecule has 3 aromatic rings. The molecular formula is C19H20N2O2. The van der Waals surface area contributed by atoms with E-state index in [0.717, 1.165) is 18.2 Å². The second-order valence-electron chi connectivity index (χ2n) is 5.63. The second kappa shape index (κ2) is 7.11. The molecule has 4 nitrogen and oxygen atoms in total. The van der Waals surface area contributed by atoms with E-state index < -0.39 is 0 Å². The predicted octanol–water partition coefficient (Wildman–Crippen LogP) is 3.12. The van der Waals surface area contributed by atoms with Gasteiger partial charge in [0.05, 0.1) is 11.8 Å². The molecule has 0 fully saturated rings. The lowest BCUT2D eigenvalue weighted by Gasteiger charge is -2.13. The molecule has 1 heterocycles. The van der Waals surface area contributed by atoms with Crippen LogP contribution in [0.1, 0.15) is 22.3 Å². The summed E-state index contributed by atoms with van der Waals surface area (Å²) in [6, 6.07) is 17.4. The van der Waals surface area contributed by atoms with Gasteiger partial charge in [-0.1, -0.05) is 36.4 Å². The number of nitrogens with one attached hydrogen (secondary N) is 1. The van der Waals surface area contributed by atoms with Gasteiger partial charge in [-0.05, 0) is 36.6 Å². The highest BCUT2D eigenvalue weighted by atomic mass is 16.3. The summed E-state index contributed by atoms with van der Waals surface area (Å²) < 4.78 is 5.32. The van der Waals surface area contributed by atoms with Crippen LogP contribution in [-0.4, -0.2) is 18.5 Å². The Bertz CT molecular complexity index is 780. The van der Waals surface area contributed by atoms with Crippen LogP contribution >= 0.6 is 0 Å². The van der Waals surface area contributed by atoms with E-state index in [-0.39, 0.29) is 11.9 Å².